The summed E-state index contributed by atoms with van der Waals surface area (Å²) in [5.74, 6) is 0. The van der Waals surface area contributed by atoms with Gasteiger partial charge >= 0.3 is 0 Å². The maximum absolute atomic E-state index is 3.61. The Kier molecular flexibility index (Phi) is 3.40. The second kappa shape index (κ2) is 5.53. The van der Waals surface area contributed by atoms with E-state index in [2.05, 4.69) is 52.7 Å². The van der Waals surface area contributed by atoms with Crippen LogP contribution in [0, 0.1) is 0 Å². The number of fused-ring (bicyclic) bond motifs is 2. The molecule has 0 saturated carbocycles. The van der Waals surface area contributed by atoms with Crippen molar-refractivity contribution < 1.29 is 0 Å². The Morgan fingerprint density at radius 1 is 0.857 bits per heavy atom. The first-order chi connectivity index (χ1) is 10.4. The summed E-state index contributed by atoms with van der Waals surface area (Å²) < 4.78 is 0. The van der Waals surface area contributed by atoms with Gasteiger partial charge in [-0.3, -0.25) is 4.90 Å². The molecule has 2 heteroatoms. The number of rotatable bonds is 2. The molecule has 2 nitrogen and oxygen atoms in total. The largest absolute Gasteiger partial charge is 0.355 e. The number of hydrogen-bond acceptors (Lipinski definition) is 2. The summed E-state index contributed by atoms with van der Waals surface area (Å²) >= 11 is 0. The molecule has 0 amide bonds. The molecule has 1 N–H and O–H groups in total. The zero-order valence-electron chi connectivity index (χ0n) is 12.4. The van der Waals surface area contributed by atoms with Crippen molar-refractivity contribution in [3.8, 4) is 0 Å². The quantitative estimate of drug-likeness (QED) is 0.888. The van der Waals surface area contributed by atoms with E-state index in [0.717, 1.165) is 19.4 Å². The fourth-order valence-corrected chi connectivity index (χ4v) is 3.55. The molecule has 4 rings (SSSR count). The van der Waals surface area contributed by atoms with E-state index in [9.17, 15) is 0 Å². The minimum Gasteiger partial charge on any atom is -0.355 e. The van der Waals surface area contributed by atoms with E-state index in [4.69, 9.17) is 0 Å². The zero-order valence-corrected chi connectivity index (χ0v) is 12.4. The Hall–Kier alpha value is -1.80. The van der Waals surface area contributed by atoms with Gasteiger partial charge in [0.1, 0.15) is 0 Å². The summed E-state index contributed by atoms with van der Waals surface area (Å²) in [4.78, 5) is 2.57. The number of likely N-dealkylation sites (tertiary alicyclic amines) is 1. The molecule has 2 aliphatic rings. The van der Waals surface area contributed by atoms with Crippen LogP contribution in [0.15, 0.2) is 42.5 Å². The monoisotopic (exact) mass is 278 g/mol. The van der Waals surface area contributed by atoms with E-state index in [1.807, 2.05) is 0 Å². The highest BCUT2D eigenvalue weighted by atomic mass is 15.1. The van der Waals surface area contributed by atoms with Gasteiger partial charge in [-0.2, -0.15) is 0 Å². The molecule has 0 radical (unpaired) electrons. The van der Waals surface area contributed by atoms with Gasteiger partial charge in [0, 0.05) is 17.9 Å². The van der Waals surface area contributed by atoms with Crippen LogP contribution >= 0.6 is 0 Å². The van der Waals surface area contributed by atoms with Gasteiger partial charge in [-0.1, -0.05) is 30.3 Å². The summed E-state index contributed by atoms with van der Waals surface area (Å²) in [5.41, 5.74) is 6.90. The smallest absolute Gasteiger partial charge is 0.0417 e. The molecule has 0 unspecified atom stereocenters. The number of hydrogen-bond donors (Lipinski definition) is 1. The predicted octanol–water partition coefficient (Wildman–Crippen LogP) is 4.12. The lowest BCUT2D eigenvalue weighted by molar-refractivity contribution is 0.331. The van der Waals surface area contributed by atoms with Crippen molar-refractivity contribution in [2.45, 2.75) is 32.2 Å². The van der Waals surface area contributed by atoms with Crippen LogP contribution in [0.4, 0.5) is 11.4 Å². The van der Waals surface area contributed by atoms with Gasteiger partial charge in [-0.25, -0.2) is 0 Å². The lowest BCUT2D eigenvalue weighted by atomic mass is 10.0. The fraction of sp³-hybridized carbons (Fsp3) is 0.368. The highest BCUT2D eigenvalue weighted by Crippen LogP contribution is 2.30. The maximum Gasteiger partial charge on any atom is 0.0417 e. The molecule has 108 valence electrons. The molecule has 2 aliphatic heterocycles. The third-order valence-electron chi connectivity index (χ3n) is 4.72. The second-order valence-electron chi connectivity index (χ2n) is 6.26. The summed E-state index contributed by atoms with van der Waals surface area (Å²) in [7, 11) is 0. The molecule has 0 spiro atoms. The lowest BCUT2D eigenvalue weighted by Crippen LogP contribution is -2.18. The van der Waals surface area contributed by atoms with Crippen LogP contribution in [0.25, 0.3) is 0 Å². The molecule has 1 saturated heterocycles. The van der Waals surface area contributed by atoms with Crippen LogP contribution in [0.3, 0.4) is 0 Å². The minimum absolute atomic E-state index is 1.11. The zero-order chi connectivity index (χ0) is 14.1. The van der Waals surface area contributed by atoms with Crippen LogP contribution in [0.2, 0.25) is 0 Å². The third-order valence-corrected chi connectivity index (χ3v) is 4.72. The third kappa shape index (κ3) is 2.68. The molecule has 2 aromatic rings. The predicted molar refractivity (Wildman–Crippen MR) is 88.1 cm³/mol. The molecule has 2 heterocycles. The van der Waals surface area contributed by atoms with Crippen molar-refractivity contribution >= 4 is 11.4 Å². The van der Waals surface area contributed by atoms with Crippen LogP contribution in [-0.2, 0) is 19.4 Å². The van der Waals surface area contributed by atoms with Crippen molar-refractivity contribution in [2.75, 3.05) is 18.4 Å². The number of anilines is 2. The number of nitrogens with zero attached hydrogens (tertiary/aromatic N) is 1. The molecule has 0 atom stereocenters. The normalized spacial score (nSPS) is 17.7. The lowest BCUT2D eigenvalue weighted by Gasteiger charge is -2.16. The number of benzene rings is 2. The minimum atomic E-state index is 1.11. The number of nitrogens with one attached hydrogen (secondary N) is 1. The highest BCUT2D eigenvalue weighted by Gasteiger charge is 2.15. The van der Waals surface area contributed by atoms with Crippen molar-refractivity contribution in [1.82, 2.24) is 4.90 Å². The molecule has 0 aromatic heterocycles. The first-order valence-electron chi connectivity index (χ1n) is 8.07. The van der Waals surface area contributed by atoms with Gasteiger partial charge in [-0.05, 0) is 67.6 Å². The fourth-order valence-electron chi connectivity index (χ4n) is 3.55. The Morgan fingerprint density at radius 3 is 2.52 bits per heavy atom. The van der Waals surface area contributed by atoms with E-state index in [0.29, 0.717) is 0 Å². The topological polar surface area (TPSA) is 15.3 Å². The standard InChI is InChI=1S/C19H22N2/c1-2-6-18-16(5-1)8-9-17-13-15(7-10-19(17)20-18)14-21-11-3-4-12-21/h1-2,5-7,10,13,20H,3-4,8-9,11-12,14H2. The van der Waals surface area contributed by atoms with Gasteiger partial charge in [0.25, 0.3) is 0 Å². The van der Waals surface area contributed by atoms with E-state index in [1.54, 1.807) is 0 Å². The molecular weight excluding hydrogens is 256 g/mol. The molecule has 2 aromatic carbocycles. The molecule has 1 fully saturated rings. The van der Waals surface area contributed by atoms with E-state index < -0.39 is 0 Å². The average Bonchev–Trinajstić information content (AvgIpc) is 2.94. The van der Waals surface area contributed by atoms with E-state index in [1.165, 1.54) is 54.0 Å². The van der Waals surface area contributed by atoms with Crippen molar-refractivity contribution in [3.05, 3.63) is 59.2 Å². The van der Waals surface area contributed by atoms with Gasteiger partial charge < -0.3 is 5.32 Å². The molecule has 0 aliphatic carbocycles. The number of para-hydroxylation sites is 1. The summed E-state index contributed by atoms with van der Waals surface area (Å²) in [6.07, 6.45) is 4.99. The number of aryl methyl sites for hydroxylation is 2. The highest BCUT2D eigenvalue weighted by molar-refractivity contribution is 5.68. The van der Waals surface area contributed by atoms with Crippen LogP contribution < -0.4 is 5.32 Å². The Bertz CT molecular complexity index is 642. The first kappa shape index (κ1) is 12.9. The SMILES string of the molecule is c1ccc2c(c1)CCc1cc(CN3CCCC3)ccc1N2. The first-order valence-corrected chi connectivity index (χ1v) is 8.07. The maximum atomic E-state index is 3.61. The van der Waals surface area contributed by atoms with Gasteiger partial charge in [0.15, 0.2) is 0 Å². The van der Waals surface area contributed by atoms with E-state index in [-0.39, 0.29) is 0 Å². The van der Waals surface area contributed by atoms with Gasteiger partial charge in [-0.15, -0.1) is 0 Å². The van der Waals surface area contributed by atoms with Gasteiger partial charge in [0.2, 0.25) is 0 Å². The van der Waals surface area contributed by atoms with Crippen molar-refractivity contribution in [3.63, 3.8) is 0 Å². The Morgan fingerprint density at radius 2 is 1.62 bits per heavy atom. The average molecular weight is 278 g/mol. The van der Waals surface area contributed by atoms with Crippen molar-refractivity contribution in [1.29, 1.82) is 0 Å². The molecular formula is C19H22N2. The Balaban J connectivity index is 1.58. The molecule has 21 heavy (non-hydrogen) atoms. The van der Waals surface area contributed by atoms with E-state index >= 15 is 0 Å². The van der Waals surface area contributed by atoms with Crippen LogP contribution in [-0.4, -0.2) is 18.0 Å². The summed E-state index contributed by atoms with van der Waals surface area (Å²) in [5, 5.41) is 3.61. The summed E-state index contributed by atoms with van der Waals surface area (Å²) in [6, 6.07) is 15.6. The summed E-state index contributed by atoms with van der Waals surface area (Å²) in [6.45, 7) is 3.64. The Labute approximate surface area is 126 Å². The van der Waals surface area contributed by atoms with Crippen LogP contribution in [0.1, 0.15) is 29.5 Å². The van der Waals surface area contributed by atoms with Crippen LogP contribution in [0.5, 0.6) is 0 Å². The van der Waals surface area contributed by atoms with Gasteiger partial charge in [0.05, 0.1) is 0 Å². The van der Waals surface area contributed by atoms with Crippen molar-refractivity contribution in [2.24, 2.45) is 0 Å². The second-order valence-corrected chi connectivity index (χ2v) is 6.26. The molecule has 0 bridgehead atoms.